The highest BCUT2D eigenvalue weighted by Crippen LogP contribution is 2.12. The number of methoxy groups -OCH3 is 1. The molecule has 0 aromatic rings. The van der Waals surface area contributed by atoms with Gasteiger partial charge in [-0.2, -0.15) is 0 Å². The molecule has 0 amide bonds. The average molecular weight is 143 g/mol. The Morgan fingerprint density at radius 2 is 2.20 bits per heavy atom. The van der Waals surface area contributed by atoms with Crippen molar-refractivity contribution in [2.75, 3.05) is 26.8 Å². The zero-order valence-corrected chi connectivity index (χ0v) is 6.97. The molecule has 0 radical (unpaired) electrons. The summed E-state index contributed by atoms with van der Waals surface area (Å²) in [6.45, 7) is 5.77. The molecule has 1 fully saturated rings. The fourth-order valence-corrected chi connectivity index (χ4v) is 1.25. The Balaban J connectivity index is 2.02. The summed E-state index contributed by atoms with van der Waals surface area (Å²) in [5.74, 6) is 0. The van der Waals surface area contributed by atoms with E-state index in [0.29, 0.717) is 0 Å². The highest BCUT2D eigenvalue weighted by molar-refractivity contribution is 4.74. The van der Waals surface area contributed by atoms with Crippen LogP contribution in [0.1, 0.15) is 19.8 Å². The summed E-state index contributed by atoms with van der Waals surface area (Å²) in [5, 5.41) is 0. The lowest BCUT2D eigenvalue weighted by Gasteiger charge is -2.36. The zero-order chi connectivity index (χ0) is 7.40. The van der Waals surface area contributed by atoms with Crippen LogP contribution in [-0.2, 0) is 4.74 Å². The first kappa shape index (κ1) is 8.02. The first-order valence-corrected chi connectivity index (χ1v) is 4.07. The van der Waals surface area contributed by atoms with Gasteiger partial charge >= 0.3 is 0 Å². The van der Waals surface area contributed by atoms with Gasteiger partial charge < -0.3 is 9.64 Å². The molecule has 0 aromatic carbocycles. The number of hydrogen-bond donors (Lipinski definition) is 0. The highest BCUT2D eigenvalue weighted by Gasteiger charge is 2.19. The molecule has 1 atom stereocenters. The van der Waals surface area contributed by atoms with Crippen LogP contribution in [0.4, 0.5) is 0 Å². The Morgan fingerprint density at radius 1 is 1.50 bits per heavy atom. The van der Waals surface area contributed by atoms with E-state index in [1.807, 2.05) is 0 Å². The maximum Gasteiger partial charge on any atom is 0.0477 e. The molecule has 0 aromatic heterocycles. The minimum atomic E-state index is 0.730. The van der Waals surface area contributed by atoms with Crippen LogP contribution < -0.4 is 0 Å². The Bertz CT molecular complexity index is 91.3. The van der Waals surface area contributed by atoms with E-state index in [4.69, 9.17) is 4.74 Å². The second-order valence-corrected chi connectivity index (χ2v) is 3.02. The molecule has 0 spiro atoms. The summed E-state index contributed by atoms with van der Waals surface area (Å²) in [7, 11) is 1.77. The predicted octanol–water partition coefficient (Wildman–Crippen LogP) is 1.12. The van der Waals surface area contributed by atoms with Gasteiger partial charge in [0.05, 0.1) is 0 Å². The van der Waals surface area contributed by atoms with Crippen molar-refractivity contribution in [2.24, 2.45) is 0 Å². The summed E-state index contributed by atoms with van der Waals surface area (Å²) < 4.78 is 5.00. The number of rotatable bonds is 4. The SMILES string of the molecule is COCCC(C)N1CCC1. The molecule has 1 heterocycles. The number of ether oxygens (including phenoxy) is 1. The van der Waals surface area contributed by atoms with E-state index in [1.165, 1.54) is 25.9 Å². The molecular formula is C8H17NO. The Morgan fingerprint density at radius 3 is 2.60 bits per heavy atom. The van der Waals surface area contributed by atoms with Crippen LogP contribution in [0.2, 0.25) is 0 Å². The van der Waals surface area contributed by atoms with E-state index in [2.05, 4.69) is 11.8 Å². The van der Waals surface area contributed by atoms with Crippen molar-refractivity contribution < 1.29 is 4.74 Å². The van der Waals surface area contributed by atoms with Crippen LogP contribution >= 0.6 is 0 Å². The van der Waals surface area contributed by atoms with Crippen molar-refractivity contribution in [3.05, 3.63) is 0 Å². The van der Waals surface area contributed by atoms with Gasteiger partial charge in [-0.05, 0) is 32.9 Å². The van der Waals surface area contributed by atoms with Gasteiger partial charge in [0.2, 0.25) is 0 Å². The standard InChI is InChI=1S/C8H17NO/c1-8(4-7-10-2)9-5-3-6-9/h8H,3-7H2,1-2H3. The van der Waals surface area contributed by atoms with Gasteiger partial charge in [0.15, 0.2) is 0 Å². The topological polar surface area (TPSA) is 12.5 Å². The van der Waals surface area contributed by atoms with Crippen LogP contribution in [-0.4, -0.2) is 37.7 Å². The first-order valence-electron chi connectivity index (χ1n) is 4.07. The van der Waals surface area contributed by atoms with Crippen molar-refractivity contribution in [2.45, 2.75) is 25.8 Å². The number of nitrogens with zero attached hydrogens (tertiary/aromatic N) is 1. The second-order valence-electron chi connectivity index (χ2n) is 3.02. The molecule has 1 aliphatic rings. The molecule has 0 N–H and O–H groups in total. The van der Waals surface area contributed by atoms with Gasteiger partial charge in [-0.3, -0.25) is 0 Å². The lowest BCUT2D eigenvalue weighted by molar-refractivity contribution is 0.0942. The van der Waals surface area contributed by atoms with Crippen molar-refractivity contribution in [3.8, 4) is 0 Å². The quantitative estimate of drug-likeness (QED) is 0.584. The zero-order valence-electron chi connectivity index (χ0n) is 6.97. The molecule has 0 aliphatic carbocycles. The Labute approximate surface area is 63.2 Å². The van der Waals surface area contributed by atoms with Crippen LogP contribution in [0.15, 0.2) is 0 Å². The average Bonchev–Trinajstić information content (AvgIpc) is 1.79. The fourth-order valence-electron chi connectivity index (χ4n) is 1.25. The van der Waals surface area contributed by atoms with Crippen molar-refractivity contribution in [1.82, 2.24) is 4.90 Å². The van der Waals surface area contributed by atoms with Gasteiger partial charge in [-0.15, -0.1) is 0 Å². The molecule has 0 bridgehead atoms. The lowest BCUT2D eigenvalue weighted by atomic mass is 10.1. The number of likely N-dealkylation sites (tertiary alicyclic amines) is 1. The lowest BCUT2D eigenvalue weighted by Crippen LogP contribution is -2.43. The summed E-state index contributed by atoms with van der Waals surface area (Å²) in [6, 6.07) is 0.730. The Kier molecular flexibility index (Phi) is 3.16. The third kappa shape index (κ3) is 1.96. The van der Waals surface area contributed by atoms with Crippen LogP contribution in [0, 0.1) is 0 Å². The summed E-state index contributed by atoms with van der Waals surface area (Å²) in [4.78, 5) is 2.50. The number of hydrogen-bond acceptors (Lipinski definition) is 2. The maximum absolute atomic E-state index is 5.00. The minimum absolute atomic E-state index is 0.730. The molecule has 2 nitrogen and oxygen atoms in total. The van der Waals surface area contributed by atoms with E-state index in [9.17, 15) is 0 Å². The summed E-state index contributed by atoms with van der Waals surface area (Å²) >= 11 is 0. The molecule has 1 aliphatic heterocycles. The smallest absolute Gasteiger partial charge is 0.0477 e. The van der Waals surface area contributed by atoms with E-state index >= 15 is 0 Å². The maximum atomic E-state index is 5.00. The van der Waals surface area contributed by atoms with Gasteiger partial charge in [-0.25, -0.2) is 0 Å². The third-order valence-corrected chi connectivity index (χ3v) is 2.25. The van der Waals surface area contributed by atoms with E-state index < -0.39 is 0 Å². The van der Waals surface area contributed by atoms with Crippen molar-refractivity contribution in [1.29, 1.82) is 0 Å². The molecule has 10 heavy (non-hydrogen) atoms. The van der Waals surface area contributed by atoms with Gasteiger partial charge in [0, 0.05) is 19.8 Å². The first-order chi connectivity index (χ1) is 4.84. The van der Waals surface area contributed by atoms with Crippen LogP contribution in [0.25, 0.3) is 0 Å². The minimum Gasteiger partial charge on any atom is -0.385 e. The second kappa shape index (κ2) is 3.94. The monoisotopic (exact) mass is 143 g/mol. The normalized spacial score (nSPS) is 22.2. The molecule has 60 valence electrons. The van der Waals surface area contributed by atoms with E-state index in [1.54, 1.807) is 7.11 Å². The van der Waals surface area contributed by atoms with Crippen LogP contribution in [0.3, 0.4) is 0 Å². The highest BCUT2D eigenvalue weighted by atomic mass is 16.5. The molecular weight excluding hydrogens is 126 g/mol. The van der Waals surface area contributed by atoms with Crippen molar-refractivity contribution in [3.63, 3.8) is 0 Å². The largest absolute Gasteiger partial charge is 0.385 e. The van der Waals surface area contributed by atoms with E-state index in [-0.39, 0.29) is 0 Å². The summed E-state index contributed by atoms with van der Waals surface area (Å²) in [5.41, 5.74) is 0. The molecule has 0 saturated carbocycles. The summed E-state index contributed by atoms with van der Waals surface area (Å²) in [6.07, 6.45) is 2.56. The van der Waals surface area contributed by atoms with Crippen molar-refractivity contribution >= 4 is 0 Å². The Hall–Kier alpha value is -0.0800. The molecule has 2 heteroatoms. The van der Waals surface area contributed by atoms with Gasteiger partial charge in [-0.1, -0.05) is 0 Å². The molecule has 1 saturated heterocycles. The van der Waals surface area contributed by atoms with E-state index in [0.717, 1.165) is 12.6 Å². The van der Waals surface area contributed by atoms with Crippen LogP contribution in [0.5, 0.6) is 0 Å². The van der Waals surface area contributed by atoms with Gasteiger partial charge in [0.1, 0.15) is 0 Å². The van der Waals surface area contributed by atoms with Gasteiger partial charge in [0.25, 0.3) is 0 Å². The molecule has 1 rings (SSSR count). The third-order valence-electron chi connectivity index (χ3n) is 2.25. The predicted molar refractivity (Wildman–Crippen MR) is 42.1 cm³/mol. The molecule has 1 unspecified atom stereocenters. The fraction of sp³-hybridized carbons (Fsp3) is 1.00.